The van der Waals surface area contributed by atoms with Crippen LogP contribution >= 0.6 is 0 Å². The lowest BCUT2D eigenvalue weighted by molar-refractivity contribution is 0.561. The molecule has 0 bridgehead atoms. The van der Waals surface area contributed by atoms with Gasteiger partial charge in [0.1, 0.15) is 0 Å². The molecule has 1 aliphatic carbocycles. The number of rotatable bonds is 5. The minimum atomic E-state index is -2.96. The van der Waals surface area contributed by atoms with Crippen molar-refractivity contribution in [3.05, 3.63) is 0 Å². The highest BCUT2D eigenvalue weighted by molar-refractivity contribution is 7.89. The molecule has 0 heterocycles. The first kappa shape index (κ1) is 9.99. The van der Waals surface area contributed by atoms with Crippen molar-refractivity contribution in [3.8, 4) is 0 Å². The number of hydrogen-bond acceptors (Lipinski definition) is 2. The Morgan fingerprint density at radius 3 is 2.42 bits per heavy atom. The molecule has 1 N–H and O–H groups in total. The Kier molecular flexibility index (Phi) is 3.12. The van der Waals surface area contributed by atoms with Crippen LogP contribution in [0.3, 0.4) is 0 Å². The molecule has 0 spiro atoms. The molecule has 72 valence electrons. The standard InChI is InChI=1S/C8H17NO2S/c1-7(2)5-6-12(10,11)9-8-3-4-8/h7-9H,3-6H2,1-2H3. The molecular weight excluding hydrogens is 174 g/mol. The van der Waals surface area contributed by atoms with Crippen molar-refractivity contribution in [2.75, 3.05) is 5.75 Å². The molecule has 0 amide bonds. The Hall–Kier alpha value is -0.0900. The van der Waals surface area contributed by atoms with Gasteiger partial charge in [-0.3, -0.25) is 0 Å². The first-order valence-corrected chi connectivity index (χ1v) is 6.15. The molecular formula is C8H17NO2S. The zero-order valence-electron chi connectivity index (χ0n) is 7.71. The first-order valence-electron chi connectivity index (χ1n) is 4.49. The van der Waals surface area contributed by atoms with Crippen LogP contribution in [0.5, 0.6) is 0 Å². The molecule has 0 radical (unpaired) electrons. The molecule has 1 aliphatic rings. The van der Waals surface area contributed by atoms with Crippen molar-refractivity contribution in [1.82, 2.24) is 4.72 Å². The molecule has 1 rings (SSSR count). The lowest BCUT2D eigenvalue weighted by Crippen LogP contribution is -2.28. The maximum absolute atomic E-state index is 11.3. The van der Waals surface area contributed by atoms with Gasteiger partial charge in [0, 0.05) is 6.04 Å². The zero-order valence-corrected chi connectivity index (χ0v) is 8.52. The van der Waals surface area contributed by atoms with Crippen molar-refractivity contribution in [1.29, 1.82) is 0 Å². The third-order valence-corrected chi connectivity index (χ3v) is 3.35. The Balaban J connectivity index is 2.27. The van der Waals surface area contributed by atoms with Crippen LogP contribution in [0.1, 0.15) is 33.1 Å². The van der Waals surface area contributed by atoms with E-state index in [-0.39, 0.29) is 11.8 Å². The van der Waals surface area contributed by atoms with E-state index in [1.54, 1.807) is 0 Å². The van der Waals surface area contributed by atoms with Crippen LogP contribution in [0.4, 0.5) is 0 Å². The van der Waals surface area contributed by atoms with E-state index in [9.17, 15) is 8.42 Å². The van der Waals surface area contributed by atoms with Crippen molar-refractivity contribution >= 4 is 10.0 Å². The van der Waals surface area contributed by atoms with E-state index in [2.05, 4.69) is 4.72 Å². The van der Waals surface area contributed by atoms with Crippen molar-refractivity contribution in [3.63, 3.8) is 0 Å². The van der Waals surface area contributed by atoms with Gasteiger partial charge in [0.05, 0.1) is 5.75 Å². The number of sulfonamides is 1. The highest BCUT2D eigenvalue weighted by Gasteiger charge is 2.26. The van der Waals surface area contributed by atoms with Gasteiger partial charge in [-0.15, -0.1) is 0 Å². The summed E-state index contributed by atoms with van der Waals surface area (Å²) in [5.74, 6) is 0.738. The van der Waals surface area contributed by atoms with E-state index < -0.39 is 10.0 Å². The highest BCUT2D eigenvalue weighted by atomic mass is 32.2. The fourth-order valence-electron chi connectivity index (χ4n) is 0.905. The topological polar surface area (TPSA) is 46.2 Å². The van der Waals surface area contributed by atoms with E-state index in [0.29, 0.717) is 5.92 Å². The zero-order chi connectivity index (χ0) is 9.19. The summed E-state index contributed by atoms with van der Waals surface area (Å²) in [6.07, 6.45) is 2.78. The van der Waals surface area contributed by atoms with E-state index in [4.69, 9.17) is 0 Å². The Morgan fingerprint density at radius 1 is 1.42 bits per heavy atom. The Morgan fingerprint density at radius 2 is 2.00 bits per heavy atom. The van der Waals surface area contributed by atoms with E-state index in [0.717, 1.165) is 19.3 Å². The van der Waals surface area contributed by atoms with Crippen LogP contribution in [0.25, 0.3) is 0 Å². The molecule has 0 aromatic heterocycles. The molecule has 0 atom stereocenters. The monoisotopic (exact) mass is 191 g/mol. The highest BCUT2D eigenvalue weighted by Crippen LogP contribution is 2.20. The second-order valence-corrected chi connectivity index (χ2v) is 5.77. The first-order chi connectivity index (χ1) is 5.49. The van der Waals surface area contributed by atoms with Crippen molar-refractivity contribution < 1.29 is 8.42 Å². The van der Waals surface area contributed by atoms with Crippen LogP contribution in [0, 0.1) is 5.92 Å². The van der Waals surface area contributed by atoms with Crippen molar-refractivity contribution in [2.24, 2.45) is 5.92 Å². The van der Waals surface area contributed by atoms with Crippen LogP contribution in [-0.2, 0) is 10.0 Å². The average molecular weight is 191 g/mol. The van der Waals surface area contributed by atoms with Gasteiger partial charge in [0.15, 0.2) is 0 Å². The molecule has 4 heteroatoms. The van der Waals surface area contributed by atoms with Gasteiger partial charge in [-0.1, -0.05) is 13.8 Å². The minimum absolute atomic E-state index is 0.252. The summed E-state index contributed by atoms with van der Waals surface area (Å²) in [7, 11) is -2.96. The molecule has 1 fully saturated rings. The molecule has 0 aromatic carbocycles. The van der Waals surface area contributed by atoms with E-state index in [1.807, 2.05) is 13.8 Å². The number of nitrogens with one attached hydrogen (secondary N) is 1. The van der Waals surface area contributed by atoms with Gasteiger partial charge < -0.3 is 0 Å². The summed E-state index contributed by atoms with van der Waals surface area (Å²) >= 11 is 0. The van der Waals surface area contributed by atoms with Crippen LogP contribution in [0.15, 0.2) is 0 Å². The Labute approximate surface area is 74.6 Å². The third-order valence-electron chi connectivity index (χ3n) is 1.89. The predicted octanol–water partition coefficient (Wildman–Crippen LogP) is 1.11. The second-order valence-electron chi connectivity index (χ2n) is 3.89. The largest absolute Gasteiger partial charge is 0.212 e. The summed E-state index contributed by atoms with van der Waals surface area (Å²) < 4.78 is 25.2. The van der Waals surface area contributed by atoms with Crippen LogP contribution < -0.4 is 4.72 Å². The molecule has 12 heavy (non-hydrogen) atoms. The van der Waals surface area contributed by atoms with E-state index in [1.165, 1.54) is 0 Å². The second kappa shape index (κ2) is 3.75. The molecule has 0 unspecified atom stereocenters. The van der Waals surface area contributed by atoms with Gasteiger partial charge in [-0.25, -0.2) is 13.1 Å². The molecule has 0 aliphatic heterocycles. The summed E-state index contributed by atoms with van der Waals surface area (Å²) in [6, 6.07) is 0.252. The van der Waals surface area contributed by atoms with Gasteiger partial charge in [-0.05, 0) is 25.2 Å². The lowest BCUT2D eigenvalue weighted by atomic mass is 10.2. The van der Waals surface area contributed by atoms with Gasteiger partial charge >= 0.3 is 0 Å². The third kappa shape index (κ3) is 4.07. The van der Waals surface area contributed by atoms with Crippen LogP contribution in [0.2, 0.25) is 0 Å². The maximum atomic E-state index is 11.3. The molecule has 1 saturated carbocycles. The fraction of sp³-hybridized carbons (Fsp3) is 1.00. The van der Waals surface area contributed by atoms with Gasteiger partial charge in [0.2, 0.25) is 10.0 Å². The van der Waals surface area contributed by atoms with E-state index >= 15 is 0 Å². The summed E-state index contributed by atoms with van der Waals surface area (Å²) in [5, 5.41) is 0. The van der Waals surface area contributed by atoms with Crippen molar-refractivity contribution in [2.45, 2.75) is 39.2 Å². The predicted molar refractivity (Wildman–Crippen MR) is 49.4 cm³/mol. The molecule has 0 saturated heterocycles. The maximum Gasteiger partial charge on any atom is 0.211 e. The number of hydrogen-bond donors (Lipinski definition) is 1. The van der Waals surface area contributed by atoms with Gasteiger partial charge in [0.25, 0.3) is 0 Å². The molecule has 0 aromatic rings. The summed E-state index contributed by atoms with van der Waals surface area (Å²) in [4.78, 5) is 0. The quantitative estimate of drug-likeness (QED) is 0.707. The normalized spacial score (nSPS) is 18.6. The van der Waals surface area contributed by atoms with Gasteiger partial charge in [-0.2, -0.15) is 0 Å². The smallest absolute Gasteiger partial charge is 0.211 e. The average Bonchev–Trinajstić information content (AvgIpc) is 2.67. The minimum Gasteiger partial charge on any atom is -0.212 e. The summed E-state index contributed by atoms with van der Waals surface area (Å²) in [5.41, 5.74) is 0. The van der Waals surface area contributed by atoms with Crippen LogP contribution in [-0.4, -0.2) is 20.2 Å². The fourth-order valence-corrected chi connectivity index (χ4v) is 2.55. The summed E-state index contributed by atoms with van der Waals surface area (Å²) in [6.45, 7) is 4.07. The SMILES string of the molecule is CC(C)CCS(=O)(=O)NC1CC1. The Bertz CT molecular complexity index is 229. The lowest BCUT2D eigenvalue weighted by Gasteiger charge is -2.06. The molecule has 3 nitrogen and oxygen atoms in total.